The molecule has 8 nitrogen and oxygen atoms in total. The molecule has 1 rings (SSSR count). The van der Waals surface area contributed by atoms with E-state index in [1.165, 1.54) is 24.3 Å². The zero-order valence-electron chi connectivity index (χ0n) is 14.5. The van der Waals surface area contributed by atoms with Crippen LogP contribution in [0.25, 0.3) is 5.53 Å². The van der Waals surface area contributed by atoms with Crippen molar-refractivity contribution in [1.29, 1.82) is 0 Å². The molecule has 138 valence electrons. The predicted octanol–water partition coefficient (Wildman–Crippen LogP) is 2.98. The molecule has 1 atom stereocenters. The molecule has 0 aromatic heterocycles. The molecule has 10 heteroatoms. The third-order valence-electron chi connectivity index (χ3n) is 3.10. The molecule has 0 unspecified atom stereocenters. The monoisotopic (exact) mass is 390 g/mol. The molecule has 0 aliphatic heterocycles. The van der Waals surface area contributed by atoms with Gasteiger partial charge in [-0.1, -0.05) is 23.7 Å². The van der Waals surface area contributed by atoms with Gasteiger partial charge in [0.1, 0.15) is 5.60 Å². The summed E-state index contributed by atoms with van der Waals surface area (Å²) >= 11 is 5.92. The quantitative estimate of drug-likeness (QED) is 0.262. The van der Waals surface area contributed by atoms with E-state index >= 15 is 0 Å². The van der Waals surface area contributed by atoms with Crippen molar-refractivity contribution in [2.45, 2.75) is 32.0 Å². The number of rotatable bonds is 6. The maximum atomic E-state index is 12.7. The van der Waals surface area contributed by atoms with Crippen molar-refractivity contribution in [2.24, 2.45) is 0 Å². The van der Waals surface area contributed by atoms with Crippen LogP contribution in [0.1, 0.15) is 26.3 Å². The molecule has 0 saturated carbocycles. The Kier molecular flexibility index (Phi) is 6.70. The van der Waals surface area contributed by atoms with Crippen LogP contribution in [0, 0.1) is 0 Å². The number of hydrogen-bond donors (Lipinski definition) is 1. The molecule has 0 aliphatic carbocycles. The molecule has 0 bridgehead atoms. The van der Waals surface area contributed by atoms with E-state index in [1.807, 2.05) is 0 Å². The van der Waals surface area contributed by atoms with Crippen LogP contribution in [0.5, 0.6) is 0 Å². The van der Waals surface area contributed by atoms with Gasteiger partial charge < -0.3 is 24.4 Å². The molecule has 25 heavy (non-hydrogen) atoms. The number of nitrogens with zero attached hydrogens (tertiary/aromatic N) is 2. The van der Waals surface area contributed by atoms with Crippen LogP contribution in [0.4, 0.5) is 0 Å². The second-order valence-corrected chi connectivity index (χ2v) is 8.59. The van der Waals surface area contributed by atoms with Gasteiger partial charge in [0.05, 0.1) is 0 Å². The van der Waals surface area contributed by atoms with E-state index in [9.17, 15) is 20.0 Å². The van der Waals surface area contributed by atoms with Crippen LogP contribution in [0.15, 0.2) is 24.3 Å². The van der Waals surface area contributed by atoms with Crippen molar-refractivity contribution >= 4 is 30.6 Å². The summed E-state index contributed by atoms with van der Waals surface area (Å²) in [6, 6.07) is 5.53. The number of carbonyl (C=O) groups is 1. The number of halogens is 1. The molecule has 1 aromatic rings. The molecule has 0 spiro atoms. The van der Waals surface area contributed by atoms with Crippen molar-refractivity contribution in [1.82, 2.24) is 0 Å². The van der Waals surface area contributed by atoms with Gasteiger partial charge in [-0.25, -0.2) is 9.36 Å². The van der Waals surface area contributed by atoms with E-state index < -0.39 is 30.2 Å². The minimum atomic E-state index is -4.31. The number of benzene rings is 1. The summed E-state index contributed by atoms with van der Waals surface area (Å²) in [5.74, 6) is -1.23. The van der Waals surface area contributed by atoms with E-state index in [1.54, 1.807) is 20.8 Å². The highest BCUT2D eigenvalue weighted by Gasteiger charge is 2.62. The van der Waals surface area contributed by atoms with Crippen LogP contribution < -0.4 is 0 Å². The Hall–Kier alpha value is -1.53. The third kappa shape index (κ3) is 4.55. The van der Waals surface area contributed by atoms with Gasteiger partial charge in [-0.2, -0.15) is 4.79 Å². The number of aliphatic hydroxyl groups is 1. The van der Waals surface area contributed by atoms with E-state index in [0.717, 1.165) is 14.2 Å². The first-order chi connectivity index (χ1) is 11.4. The highest BCUT2D eigenvalue weighted by Crippen LogP contribution is 2.53. The fraction of sp³-hybridized carbons (Fsp3) is 0.467. The molecule has 0 radical (unpaired) electrons. The largest absolute Gasteiger partial charge is 0.457 e. The van der Waals surface area contributed by atoms with E-state index in [4.69, 9.17) is 25.4 Å². The Balaban J connectivity index is 3.72. The van der Waals surface area contributed by atoms with Gasteiger partial charge in [-0.15, -0.1) is 0 Å². The standard InChI is InChI=1S/C15H20ClN2O6P/c1-14(2,3)24-13(19)15(20,10-7-6-8-11(16)9-10)12(18-17)25(21,22-4)23-5/h6-9,20H,1-5H3/t15-/m0/s1. The van der Waals surface area contributed by atoms with Gasteiger partial charge in [0.2, 0.25) is 0 Å². The van der Waals surface area contributed by atoms with E-state index in [-0.39, 0.29) is 10.6 Å². The second kappa shape index (κ2) is 7.79. The van der Waals surface area contributed by atoms with Crippen LogP contribution in [-0.4, -0.2) is 41.1 Å². The third-order valence-corrected chi connectivity index (χ3v) is 5.22. The van der Waals surface area contributed by atoms with Crippen LogP contribution in [0.2, 0.25) is 5.02 Å². The lowest BCUT2D eigenvalue weighted by molar-refractivity contribution is -0.173. The van der Waals surface area contributed by atoms with Gasteiger partial charge in [-0.05, 0) is 32.9 Å². The zero-order chi connectivity index (χ0) is 19.5. The zero-order valence-corrected chi connectivity index (χ0v) is 16.2. The summed E-state index contributed by atoms with van der Waals surface area (Å²) in [5, 5.41) is 11.3. The van der Waals surface area contributed by atoms with Crippen molar-refractivity contribution in [2.75, 3.05) is 14.2 Å². The first-order valence-electron chi connectivity index (χ1n) is 7.11. The van der Waals surface area contributed by atoms with Gasteiger partial charge in [0.15, 0.2) is 0 Å². The minimum Gasteiger partial charge on any atom is -0.457 e. The van der Waals surface area contributed by atoms with Gasteiger partial charge in [0, 0.05) is 24.8 Å². The van der Waals surface area contributed by atoms with Crippen LogP contribution >= 0.6 is 19.2 Å². The predicted molar refractivity (Wildman–Crippen MR) is 91.4 cm³/mol. The Morgan fingerprint density at radius 1 is 1.28 bits per heavy atom. The summed E-state index contributed by atoms with van der Waals surface area (Å²) < 4.78 is 27.4. The topological polar surface area (TPSA) is 118 Å². The fourth-order valence-electron chi connectivity index (χ4n) is 1.98. The summed E-state index contributed by atoms with van der Waals surface area (Å²) in [6.45, 7) is 4.72. The lowest BCUT2D eigenvalue weighted by atomic mass is 9.94. The first-order valence-corrected chi connectivity index (χ1v) is 9.03. The Bertz CT molecular complexity index is 749. The van der Waals surface area contributed by atoms with Crippen molar-refractivity contribution in [3.8, 4) is 0 Å². The summed E-state index contributed by atoms with van der Waals surface area (Å²) in [7, 11) is -2.27. The molecular formula is C15H20ClN2O6P. The maximum absolute atomic E-state index is 12.7. The lowest BCUT2D eigenvalue weighted by Crippen LogP contribution is -2.48. The van der Waals surface area contributed by atoms with Crippen molar-refractivity contribution < 1.29 is 33.0 Å². The highest BCUT2D eigenvalue weighted by molar-refractivity contribution is 7.72. The van der Waals surface area contributed by atoms with E-state index in [2.05, 4.69) is 4.79 Å². The Morgan fingerprint density at radius 2 is 1.84 bits per heavy atom. The van der Waals surface area contributed by atoms with Crippen LogP contribution in [0.3, 0.4) is 0 Å². The maximum Gasteiger partial charge on any atom is 0.441 e. The van der Waals surface area contributed by atoms with Crippen molar-refractivity contribution in [3.05, 3.63) is 40.4 Å². The molecule has 0 saturated heterocycles. The molecule has 0 amide bonds. The summed E-state index contributed by atoms with van der Waals surface area (Å²) in [4.78, 5) is 15.6. The first kappa shape index (κ1) is 21.5. The number of ether oxygens (including phenoxy) is 1. The smallest absolute Gasteiger partial charge is 0.441 e. The number of esters is 1. The van der Waals surface area contributed by atoms with Gasteiger partial charge >= 0.3 is 19.0 Å². The summed E-state index contributed by atoms with van der Waals surface area (Å²) in [6.07, 6.45) is 0. The fourth-order valence-corrected chi connectivity index (χ4v) is 3.39. The second-order valence-electron chi connectivity index (χ2n) is 6.01. The van der Waals surface area contributed by atoms with Crippen LogP contribution in [-0.2, 0) is 28.7 Å². The Labute approximate surface area is 150 Å². The minimum absolute atomic E-state index is 0.128. The Morgan fingerprint density at radius 3 is 2.24 bits per heavy atom. The highest BCUT2D eigenvalue weighted by atomic mass is 35.5. The molecular weight excluding hydrogens is 371 g/mol. The lowest BCUT2D eigenvalue weighted by Gasteiger charge is -2.28. The van der Waals surface area contributed by atoms with Gasteiger partial charge in [0.25, 0.3) is 5.60 Å². The van der Waals surface area contributed by atoms with E-state index in [0.29, 0.717) is 0 Å². The molecule has 0 aliphatic rings. The molecule has 1 N–H and O–H groups in total. The average molecular weight is 391 g/mol. The van der Waals surface area contributed by atoms with Crippen molar-refractivity contribution in [3.63, 3.8) is 0 Å². The molecule has 0 heterocycles. The number of hydrogen-bond acceptors (Lipinski definition) is 6. The SMILES string of the molecule is COP(=O)(OC)C(=[N+]=[N-])[C@](O)(C(=O)OC(C)(C)C)c1cccc(Cl)c1. The normalized spacial score (nSPS) is 14.4. The summed E-state index contributed by atoms with van der Waals surface area (Å²) in [5.41, 5.74) is 4.57. The molecule has 1 aromatic carbocycles. The number of carbonyl (C=O) groups excluding carboxylic acids is 1. The molecule has 0 fully saturated rings. The average Bonchev–Trinajstić information content (AvgIpc) is 2.53. The van der Waals surface area contributed by atoms with Gasteiger partial charge in [-0.3, -0.25) is 0 Å².